The number of aryl methyl sites for hydroxylation is 1. The van der Waals surface area contributed by atoms with Gasteiger partial charge in [0.25, 0.3) is 0 Å². The topological polar surface area (TPSA) is 106 Å². The summed E-state index contributed by atoms with van der Waals surface area (Å²) in [5.74, 6) is -0.777. The molecule has 0 saturated heterocycles. The van der Waals surface area contributed by atoms with Crippen molar-refractivity contribution in [3.8, 4) is 0 Å². The van der Waals surface area contributed by atoms with Gasteiger partial charge in [0.1, 0.15) is 29.3 Å². The van der Waals surface area contributed by atoms with E-state index >= 15 is 0 Å². The molecule has 0 radical (unpaired) electrons. The summed E-state index contributed by atoms with van der Waals surface area (Å²) in [6.07, 6.45) is 0.745. The van der Waals surface area contributed by atoms with Crippen molar-refractivity contribution in [2.24, 2.45) is 0 Å². The third-order valence-corrected chi connectivity index (χ3v) is 3.98. The van der Waals surface area contributed by atoms with Crippen LogP contribution in [0.5, 0.6) is 0 Å². The number of cyclic esters (lactones) is 1. The Kier molecular flexibility index (Phi) is 5.49. The summed E-state index contributed by atoms with van der Waals surface area (Å²) in [5.41, 5.74) is -1.16. The van der Waals surface area contributed by atoms with Gasteiger partial charge in [-0.3, -0.25) is 0 Å². The third-order valence-electron chi connectivity index (χ3n) is 3.98. The van der Waals surface area contributed by atoms with Gasteiger partial charge in [0.2, 0.25) is 0 Å². The lowest BCUT2D eigenvalue weighted by Gasteiger charge is -2.29. The average Bonchev–Trinajstić information content (AvgIpc) is 3.08. The van der Waals surface area contributed by atoms with Crippen LogP contribution in [0.3, 0.4) is 0 Å². The molecule has 2 rings (SSSR count). The number of hydrogen-bond acceptors (Lipinski definition) is 7. The van der Waals surface area contributed by atoms with Gasteiger partial charge in [-0.15, -0.1) is 0 Å². The molecule has 1 aliphatic heterocycles. The molecule has 0 saturated carbocycles. The lowest BCUT2D eigenvalue weighted by Crippen LogP contribution is -2.36. The molecule has 1 aromatic rings. The Bertz CT molecular complexity index is 711. The summed E-state index contributed by atoms with van der Waals surface area (Å²) in [7, 11) is 0. The number of furan rings is 1. The molecule has 1 aromatic heterocycles. The molecule has 0 aromatic carbocycles. The molecule has 0 amide bonds. The summed E-state index contributed by atoms with van der Waals surface area (Å²) in [5, 5.41) is 21.1. The SMILES string of the molecule is C=CC1=C[C@H](C[C@](C)(O)[C@H](O)c2cc(C(=O)OCC)c(C)o2)OC1=O. The fourth-order valence-corrected chi connectivity index (χ4v) is 2.64. The van der Waals surface area contributed by atoms with Gasteiger partial charge in [0.05, 0.1) is 17.8 Å². The van der Waals surface area contributed by atoms with Crippen LogP contribution in [0, 0.1) is 6.92 Å². The van der Waals surface area contributed by atoms with Crippen LogP contribution in [0.4, 0.5) is 0 Å². The Morgan fingerprint density at radius 2 is 2.24 bits per heavy atom. The minimum Gasteiger partial charge on any atom is -0.463 e. The highest BCUT2D eigenvalue weighted by molar-refractivity contribution is 5.93. The van der Waals surface area contributed by atoms with Crippen molar-refractivity contribution in [1.82, 2.24) is 0 Å². The summed E-state index contributed by atoms with van der Waals surface area (Å²) in [6.45, 7) is 8.37. The Morgan fingerprint density at radius 3 is 2.80 bits per heavy atom. The molecule has 0 spiro atoms. The highest BCUT2D eigenvalue weighted by atomic mass is 16.5. The van der Waals surface area contributed by atoms with E-state index in [1.807, 2.05) is 0 Å². The highest BCUT2D eigenvalue weighted by Crippen LogP contribution is 2.34. The van der Waals surface area contributed by atoms with Crippen molar-refractivity contribution in [2.45, 2.75) is 45.0 Å². The monoisotopic (exact) mass is 350 g/mol. The Labute approximate surface area is 145 Å². The molecule has 25 heavy (non-hydrogen) atoms. The zero-order valence-corrected chi connectivity index (χ0v) is 14.4. The van der Waals surface area contributed by atoms with E-state index in [0.29, 0.717) is 5.57 Å². The van der Waals surface area contributed by atoms with Crippen molar-refractivity contribution >= 4 is 11.9 Å². The van der Waals surface area contributed by atoms with E-state index in [-0.39, 0.29) is 30.1 Å². The second-order valence-corrected chi connectivity index (χ2v) is 6.07. The van der Waals surface area contributed by atoms with E-state index in [2.05, 4.69) is 6.58 Å². The van der Waals surface area contributed by atoms with Crippen molar-refractivity contribution < 1.29 is 33.7 Å². The molecule has 2 N–H and O–H groups in total. The summed E-state index contributed by atoms with van der Waals surface area (Å²) >= 11 is 0. The van der Waals surface area contributed by atoms with Gasteiger partial charge < -0.3 is 24.1 Å². The molecule has 0 unspecified atom stereocenters. The van der Waals surface area contributed by atoms with E-state index < -0.39 is 29.7 Å². The molecule has 3 atom stereocenters. The number of esters is 2. The van der Waals surface area contributed by atoms with Crippen molar-refractivity contribution in [1.29, 1.82) is 0 Å². The normalized spacial score (nSPS) is 20.4. The van der Waals surface area contributed by atoms with Crippen LogP contribution in [0.1, 0.15) is 48.3 Å². The van der Waals surface area contributed by atoms with Gasteiger partial charge in [0.15, 0.2) is 0 Å². The zero-order chi connectivity index (χ0) is 18.8. The molecule has 0 aliphatic carbocycles. The Hall–Kier alpha value is -2.38. The number of ether oxygens (including phenoxy) is 2. The van der Waals surface area contributed by atoms with Gasteiger partial charge in [-0.05, 0) is 32.9 Å². The Morgan fingerprint density at radius 1 is 1.56 bits per heavy atom. The number of hydrogen-bond donors (Lipinski definition) is 2. The van der Waals surface area contributed by atoms with E-state index in [4.69, 9.17) is 13.9 Å². The number of rotatable bonds is 7. The first-order valence-corrected chi connectivity index (χ1v) is 7.92. The first-order valence-electron chi connectivity index (χ1n) is 7.92. The second kappa shape index (κ2) is 7.25. The predicted molar refractivity (Wildman–Crippen MR) is 87.8 cm³/mol. The van der Waals surface area contributed by atoms with Crippen LogP contribution in [0.2, 0.25) is 0 Å². The molecule has 136 valence electrons. The van der Waals surface area contributed by atoms with Crippen LogP contribution < -0.4 is 0 Å². The fourth-order valence-electron chi connectivity index (χ4n) is 2.64. The maximum Gasteiger partial charge on any atom is 0.341 e. The molecule has 0 fully saturated rings. The molecular formula is C18H22O7. The van der Waals surface area contributed by atoms with Crippen molar-refractivity contribution in [3.05, 3.63) is 47.5 Å². The average molecular weight is 350 g/mol. The smallest absolute Gasteiger partial charge is 0.341 e. The second-order valence-electron chi connectivity index (χ2n) is 6.07. The maximum absolute atomic E-state index is 11.8. The van der Waals surface area contributed by atoms with E-state index in [1.54, 1.807) is 13.8 Å². The number of aliphatic hydroxyl groups is 2. The van der Waals surface area contributed by atoms with Gasteiger partial charge in [-0.1, -0.05) is 12.7 Å². The van der Waals surface area contributed by atoms with E-state index in [0.717, 1.165) is 0 Å². The predicted octanol–water partition coefficient (Wildman–Crippen LogP) is 1.98. The van der Waals surface area contributed by atoms with Crippen LogP contribution in [0.25, 0.3) is 0 Å². The summed E-state index contributed by atoms with van der Waals surface area (Å²) in [6, 6.07) is 1.35. The standard InChI is InChI=1S/C18H22O7/c1-5-11-7-12(25-16(11)20)9-18(4,22)15(19)14-8-13(10(3)24-14)17(21)23-6-2/h5,7-8,12,15,19,22H,1,6,9H2,2-4H3/t12-,15-,18+/m1/s1. The van der Waals surface area contributed by atoms with Gasteiger partial charge in [0, 0.05) is 6.42 Å². The highest BCUT2D eigenvalue weighted by Gasteiger charge is 2.39. The third kappa shape index (κ3) is 4.00. The van der Waals surface area contributed by atoms with Gasteiger partial charge in [-0.25, -0.2) is 9.59 Å². The van der Waals surface area contributed by atoms with Crippen LogP contribution in [-0.4, -0.2) is 40.5 Å². The lowest BCUT2D eigenvalue weighted by molar-refractivity contribution is -0.144. The van der Waals surface area contributed by atoms with Crippen LogP contribution in [0.15, 0.2) is 34.8 Å². The molecule has 1 aliphatic rings. The maximum atomic E-state index is 11.8. The lowest BCUT2D eigenvalue weighted by atomic mass is 9.90. The zero-order valence-electron chi connectivity index (χ0n) is 14.4. The first-order chi connectivity index (χ1) is 11.7. The minimum atomic E-state index is -1.66. The van der Waals surface area contributed by atoms with Crippen molar-refractivity contribution in [3.63, 3.8) is 0 Å². The quantitative estimate of drug-likeness (QED) is 0.724. The molecular weight excluding hydrogens is 328 g/mol. The molecule has 2 heterocycles. The summed E-state index contributed by atoms with van der Waals surface area (Å²) in [4.78, 5) is 23.4. The molecule has 7 nitrogen and oxygen atoms in total. The molecule has 0 bridgehead atoms. The number of aliphatic hydroxyl groups excluding tert-OH is 1. The minimum absolute atomic E-state index is 0.0304. The van der Waals surface area contributed by atoms with Gasteiger partial charge in [-0.2, -0.15) is 0 Å². The first kappa shape index (κ1) is 19.0. The summed E-state index contributed by atoms with van der Waals surface area (Å²) < 4.78 is 15.4. The van der Waals surface area contributed by atoms with Gasteiger partial charge >= 0.3 is 11.9 Å². The Balaban J connectivity index is 2.16. The van der Waals surface area contributed by atoms with Crippen LogP contribution in [-0.2, 0) is 14.3 Å². The van der Waals surface area contributed by atoms with E-state index in [9.17, 15) is 19.8 Å². The van der Waals surface area contributed by atoms with Crippen LogP contribution >= 0.6 is 0 Å². The van der Waals surface area contributed by atoms with Crippen molar-refractivity contribution in [2.75, 3.05) is 6.61 Å². The molecule has 7 heteroatoms. The largest absolute Gasteiger partial charge is 0.463 e. The van der Waals surface area contributed by atoms with E-state index in [1.165, 1.54) is 25.1 Å². The number of carbonyl (C=O) groups excluding carboxylic acids is 2. The number of carbonyl (C=O) groups is 2. The fraction of sp³-hybridized carbons (Fsp3) is 0.444.